The van der Waals surface area contributed by atoms with Crippen LogP contribution in [0.2, 0.25) is 0 Å². The Morgan fingerprint density at radius 2 is 1.96 bits per heavy atom. The first-order valence-electron chi connectivity index (χ1n) is 9.81. The van der Waals surface area contributed by atoms with Gasteiger partial charge in [-0.1, -0.05) is 26.7 Å². The van der Waals surface area contributed by atoms with E-state index in [9.17, 15) is 14.4 Å². The highest BCUT2D eigenvalue weighted by molar-refractivity contribution is 5.65. The average molecular weight is 397 g/mol. The van der Waals surface area contributed by atoms with Crippen LogP contribution in [0.1, 0.15) is 51.3 Å². The van der Waals surface area contributed by atoms with Crippen LogP contribution in [-0.2, 0) is 19.0 Å². The van der Waals surface area contributed by atoms with Crippen LogP contribution in [0.15, 0.2) is 15.8 Å². The van der Waals surface area contributed by atoms with Gasteiger partial charge in [-0.15, -0.1) is 0 Å². The Kier molecular flexibility index (Phi) is 8.11. The predicted molar refractivity (Wildman–Crippen MR) is 103 cm³/mol. The fraction of sp³-hybridized carbons (Fsp3) is 0.737. The van der Waals surface area contributed by atoms with Crippen LogP contribution in [0.25, 0.3) is 0 Å². The first-order chi connectivity index (χ1) is 13.4. The zero-order valence-electron chi connectivity index (χ0n) is 16.8. The Morgan fingerprint density at radius 3 is 2.61 bits per heavy atom. The molecule has 0 saturated carbocycles. The first kappa shape index (κ1) is 22.5. The number of aromatic amines is 1. The van der Waals surface area contributed by atoms with Gasteiger partial charge in [0, 0.05) is 25.0 Å². The topological polar surface area (TPSA) is 126 Å². The maximum absolute atomic E-state index is 12.3. The van der Waals surface area contributed by atoms with Crippen LogP contribution in [0.3, 0.4) is 0 Å². The highest BCUT2D eigenvalue weighted by Gasteiger charge is 2.56. The van der Waals surface area contributed by atoms with Gasteiger partial charge in [0.1, 0.15) is 6.10 Å². The van der Waals surface area contributed by atoms with E-state index < -0.39 is 35.2 Å². The van der Waals surface area contributed by atoms with Crippen LogP contribution < -0.4 is 17.0 Å². The number of H-pyrrole nitrogens is 1. The van der Waals surface area contributed by atoms with Gasteiger partial charge in [-0.3, -0.25) is 19.1 Å². The normalized spacial score (nSPS) is 27.2. The van der Waals surface area contributed by atoms with Crippen LogP contribution >= 0.6 is 0 Å². The molecule has 1 saturated heterocycles. The van der Waals surface area contributed by atoms with E-state index in [1.165, 1.54) is 10.8 Å². The number of carbonyl (C=O) groups excluding carboxylic acids is 1. The second kappa shape index (κ2) is 10.1. The summed E-state index contributed by atoms with van der Waals surface area (Å²) in [6.45, 7) is 6.52. The average Bonchev–Trinajstić information content (AvgIpc) is 2.95. The van der Waals surface area contributed by atoms with Crippen LogP contribution in [-0.4, -0.2) is 53.4 Å². The quantitative estimate of drug-likeness (QED) is 0.414. The zero-order valence-corrected chi connectivity index (χ0v) is 16.8. The SMILES string of the molecule is CCCCOC[C@@]1(C=O)O[C@@H](n2cc(C)c(=O)[nH]c2=O)[C@@H](N)C1OCCCC. The van der Waals surface area contributed by atoms with Gasteiger partial charge in [0.25, 0.3) is 5.56 Å². The largest absolute Gasteiger partial charge is 0.378 e. The van der Waals surface area contributed by atoms with Crippen molar-refractivity contribution in [1.29, 1.82) is 0 Å². The van der Waals surface area contributed by atoms with Gasteiger partial charge >= 0.3 is 5.69 Å². The second-order valence-corrected chi connectivity index (χ2v) is 7.19. The van der Waals surface area contributed by atoms with Gasteiger partial charge in [-0.25, -0.2) is 4.79 Å². The van der Waals surface area contributed by atoms with E-state index in [0.29, 0.717) is 25.1 Å². The van der Waals surface area contributed by atoms with Crippen LogP contribution in [0.4, 0.5) is 0 Å². The third-order valence-corrected chi connectivity index (χ3v) is 4.89. The molecule has 9 heteroatoms. The van der Waals surface area contributed by atoms with E-state index in [1.54, 1.807) is 6.92 Å². The molecule has 2 heterocycles. The van der Waals surface area contributed by atoms with Gasteiger partial charge < -0.3 is 19.9 Å². The summed E-state index contributed by atoms with van der Waals surface area (Å²) < 4.78 is 18.8. The number of nitrogens with zero attached hydrogens (tertiary/aromatic N) is 1. The van der Waals surface area contributed by atoms with Crippen molar-refractivity contribution in [2.75, 3.05) is 19.8 Å². The van der Waals surface area contributed by atoms with Gasteiger partial charge in [0.05, 0.1) is 12.6 Å². The predicted octanol–water partition coefficient (Wildman–Crippen LogP) is 0.641. The van der Waals surface area contributed by atoms with Gasteiger partial charge in [0.2, 0.25) is 0 Å². The molecule has 0 aliphatic carbocycles. The number of carbonyl (C=O) groups is 1. The number of aryl methyl sites for hydroxylation is 1. The number of rotatable bonds is 11. The molecule has 158 valence electrons. The van der Waals surface area contributed by atoms with E-state index in [0.717, 1.165) is 25.7 Å². The highest BCUT2D eigenvalue weighted by atomic mass is 16.6. The monoisotopic (exact) mass is 397 g/mol. The van der Waals surface area contributed by atoms with E-state index in [4.69, 9.17) is 19.9 Å². The molecule has 1 aromatic rings. The molecule has 9 nitrogen and oxygen atoms in total. The third-order valence-electron chi connectivity index (χ3n) is 4.89. The van der Waals surface area contributed by atoms with E-state index >= 15 is 0 Å². The third kappa shape index (κ3) is 4.78. The number of aromatic nitrogens is 2. The van der Waals surface area contributed by atoms with Crippen molar-refractivity contribution in [3.63, 3.8) is 0 Å². The lowest BCUT2D eigenvalue weighted by Gasteiger charge is -2.29. The fourth-order valence-corrected chi connectivity index (χ4v) is 3.19. The van der Waals surface area contributed by atoms with Crippen molar-refractivity contribution in [2.45, 2.75) is 70.4 Å². The lowest BCUT2D eigenvalue weighted by Crippen LogP contribution is -2.52. The number of hydrogen-bond donors (Lipinski definition) is 2. The molecule has 1 aromatic heterocycles. The maximum atomic E-state index is 12.3. The zero-order chi connectivity index (χ0) is 20.7. The molecular formula is C19H31N3O6. The minimum absolute atomic E-state index is 0.0193. The molecule has 28 heavy (non-hydrogen) atoms. The molecular weight excluding hydrogens is 366 g/mol. The minimum Gasteiger partial charge on any atom is -0.378 e. The molecule has 2 rings (SSSR count). The molecule has 0 amide bonds. The molecule has 0 radical (unpaired) electrons. The summed E-state index contributed by atoms with van der Waals surface area (Å²) in [5.41, 5.74) is 4.14. The summed E-state index contributed by atoms with van der Waals surface area (Å²) in [4.78, 5) is 38.3. The number of nitrogens with one attached hydrogen (secondary N) is 1. The Bertz CT molecular complexity index is 761. The van der Waals surface area contributed by atoms with Crippen molar-refractivity contribution in [3.8, 4) is 0 Å². The van der Waals surface area contributed by atoms with Crippen LogP contribution in [0, 0.1) is 6.92 Å². The second-order valence-electron chi connectivity index (χ2n) is 7.19. The summed E-state index contributed by atoms with van der Waals surface area (Å²) in [7, 11) is 0. The number of aldehydes is 1. The van der Waals surface area contributed by atoms with Gasteiger partial charge in [-0.2, -0.15) is 0 Å². The number of ether oxygens (including phenoxy) is 3. The maximum Gasteiger partial charge on any atom is 0.330 e. The van der Waals surface area contributed by atoms with Gasteiger partial charge in [0.15, 0.2) is 18.1 Å². The van der Waals surface area contributed by atoms with Crippen molar-refractivity contribution >= 4 is 6.29 Å². The molecule has 1 unspecified atom stereocenters. The van der Waals surface area contributed by atoms with Crippen LogP contribution in [0.5, 0.6) is 0 Å². The van der Waals surface area contributed by atoms with Gasteiger partial charge in [-0.05, 0) is 19.8 Å². The minimum atomic E-state index is -1.42. The Balaban J connectivity index is 2.34. The summed E-state index contributed by atoms with van der Waals surface area (Å²) in [6.07, 6.45) is 3.83. The lowest BCUT2D eigenvalue weighted by atomic mass is 9.96. The Labute approximate surface area is 164 Å². The Morgan fingerprint density at radius 1 is 1.29 bits per heavy atom. The number of unbranched alkanes of at least 4 members (excludes halogenated alkanes) is 2. The summed E-state index contributed by atoms with van der Waals surface area (Å²) in [5, 5.41) is 0. The smallest absolute Gasteiger partial charge is 0.330 e. The van der Waals surface area contributed by atoms with E-state index in [2.05, 4.69) is 4.98 Å². The molecule has 0 spiro atoms. The standard InChI is InChI=1S/C19H31N3O6/c1-4-6-8-26-12-19(11-23)15(27-9-7-5-2)14(20)17(28-19)22-10-13(3)16(24)21-18(22)25/h10-11,14-15,17H,4-9,12,20H2,1-3H3,(H,21,24,25)/t14-,15?,17+,19+/m0/s1. The molecule has 1 aliphatic rings. The van der Waals surface area contributed by atoms with Crippen molar-refractivity contribution in [2.24, 2.45) is 5.73 Å². The summed E-state index contributed by atoms with van der Waals surface area (Å²) in [5.74, 6) is 0. The van der Waals surface area contributed by atoms with Crippen molar-refractivity contribution in [3.05, 3.63) is 32.6 Å². The van der Waals surface area contributed by atoms with Crippen molar-refractivity contribution in [1.82, 2.24) is 9.55 Å². The molecule has 0 aromatic carbocycles. The van der Waals surface area contributed by atoms with E-state index in [1.807, 2.05) is 13.8 Å². The van der Waals surface area contributed by atoms with Crippen molar-refractivity contribution < 1.29 is 19.0 Å². The summed E-state index contributed by atoms with van der Waals surface area (Å²) in [6, 6.07) is -0.792. The molecule has 1 aliphatic heterocycles. The fourth-order valence-electron chi connectivity index (χ4n) is 3.19. The Hall–Kier alpha value is -1.81. The molecule has 0 bridgehead atoms. The first-order valence-corrected chi connectivity index (χ1v) is 9.81. The summed E-state index contributed by atoms with van der Waals surface area (Å²) >= 11 is 0. The van der Waals surface area contributed by atoms with E-state index in [-0.39, 0.29) is 6.61 Å². The lowest BCUT2D eigenvalue weighted by molar-refractivity contribution is -0.162. The molecule has 4 atom stereocenters. The molecule has 1 fully saturated rings. The number of nitrogens with two attached hydrogens (primary N) is 1. The molecule has 3 N–H and O–H groups in total. The highest BCUT2D eigenvalue weighted by Crippen LogP contribution is 2.37. The number of hydrogen-bond acceptors (Lipinski definition) is 7.